The van der Waals surface area contributed by atoms with Gasteiger partial charge in [0.15, 0.2) is 0 Å². The Bertz CT molecular complexity index is 779. The molecule has 8 nitrogen and oxygen atoms in total. The van der Waals surface area contributed by atoms with Crippen LogP contribution in [0.3, 0.4) is 0 Å². The quantitative estimate of drug-likeness (QED) is 0.733. The fourth-order valence-electron chi connectivity index (χ4n) is 4.25. The smallest absolute Gasteiger partial charge is 0.227 e. The molecule has 2 aliphatic heterocycles. The Hall–Kier alpha value is -2.32. The highest BCUT2D eigenvalue weighted by Crippen LogP contribution is 2.19. The van der Waals surface area contributed by atoms with Crippen molar-refractivity contribution in [1.29, 1.82) is 0 Å². The number of likely N-dealkylation sites (N-methyl/N-ethyl adjacent to an activating group) is 1. The molecule has 4 rings (SSSR count). The number of rotatable bonds is 6. The average molecular weight is 399 g/mol. The van der Waals surface area contributed by atoms with Crippen LogP contribution >= 0.6 is 0 Å². The van der Waals surface area contributed by atoms with Gasteiger partial charge in [0.25, 0.3) is 0 Å². The Balaban J connectivity index is 1.21. The molecule has 2 fully saturated rings. The number of pyridine rings is 1. The number of hydrogen-bond donors (Lipinski definition) is 0. The zero-order valence-electron chi connectivity index (χ0n) is 17.2. The number of carbonyl (C=O) groups excluding carboxylic acids is 1. The maximum absolute atomic E-state index is 12.6. The molecule has 0 unspecified atom stereocenters. The molecule has 0 saturated carbocycles. The van der Waals surface area contributed by atoms with Crippen LogP contribution in [0, 0.1) is 0 Å². The molecule has 0 atom stereocenters. The number of piperazine rings is 1. The second-order valence-electron chi connectivity index (χ2n) is 7.81. The van der Waals surface area contributed by atoms with Crippen LogP contribution in [0.15, 0.2) is 28.9 Å². The van der Waals surface area contributed by atoms with E-state index >= 15 is 0 Å². The second kappa shape index (κ2) is 9.45. The van der Waals surface area contributed by atoms with E-state index in [2.05, 4.69) is 31.8 Å². The van der Waals surface area contributed by atoms with E-state index < -0.39 is 0 Å². The van der Waals surface area contributed by atoms with Crippen LogP contribution in [0.25, 0.3) is 11.5 Å². The van der Waals surface area contributed by atoms with Gasteiger partial charge in [-0.2, -0.15) is 4.98 Å². The summed E-state index contributed by atoms with van der Waals surface area (Å²) in [6.07, 6.45) is 4.72. The highest BCUT2D eigenvalue weighted by molar-refractivity contribution is 5.76. The predicted octanol–water partition coefficient (Wildman–Crippen LogP) is 1.69. The maximum Gasteiger partial charge on any atom is 0.227 e. The molecule has 0 radical (unpaired) electrons. The number of amides is 1. The molecule has 2 saturated heterocycles. The van der Waals surface area contributed by atoms with Gasteiger partial charge in [0.05, 0.1) is 0 Å². The second-order valence-corrected chi connectivity index (χ2v) is 7.81. The van der Waals surface area contributed by atoms with E-state index in [1.54, 1.807) is 6.20 Å². The van der Waals surface area contributed by atoms with E-state index in [1.807, 2.05) is 23.1 Å². The van der Waals surface area contributed by atoms with Crippen molar-refractivity contribution in [2.75, 3.05) is 45.8 Å². The zero-order chi connectivity index (χ0) is 20.1. The van der Waals surface area contributed by atoms with Crippen LogP contribution in [0.2, 0.25) is 0 Å². The zero-order valence-corrected chi connectivity index (χ0v) is 17.2. The molecule has 156 valence electrons. The lowest BCUT2D eigenvalue weighted by Crippen LogP contribution is -2.53. The first kappa shape index (κ1) is 20.0. The number of nitrogens with zero attached hydrogens (tertiary/aromatic N) is 6. The Morgan fingerprint density at radius 2 is 1.93 bits per heavy atom. The summed E-state index contributed by atoms with van der Waals surface area (Å²) >= 11 is 0. The van der Waals surface area contributed by atoms with Crippen LogP contribution in [0.1, 0.15) is 32.1 Å². The molecule has 0 aromatic carbocycles. The summed E-state index contributed by atoms with van der Waals surface area (Å²) in [4.78, 5) is 28.3. The third-order valence-corrected chi connectivity index (χ3v) is 6.10. The van der Waals surface area contributed by atoms with Gasteiger partial charge in [-0.05, 0) is 31.5 Å². The number of hydrogen-bond acceptors (Lipinski definition) is 7. The minimum atomic E-state index is 0.178. The summed E-state index contributed by atoms with van der Waals surface area (Å²) in [6, 6.07) is 6.19. The van der Waals surface area contributed by atoms with Crippen molar-refractivity contribution in [3.63, 3.8) is 0 Å². The molecular formula is C21H30N6O2. The number of aryl methyl sites for hydroxylation is 1. The first-order chi connectivity index (χ1) is 14.2. The number of carbonyl (C=O) groups is 1. The van der Waals surface area contributed by atoms with Gasteiger partial charge in [-0.1, -0.05) is 18.1 Å². The van der Waals surface area contributed by atoms with Crippen molar-refractivity contribution in [3.8, 4) is 11.5 Å². The van der Waals surface area contributed by atoms with Crippen molar-refractivity contribution in [1.82, 2.24) is 29.8 Å². The minimum Gasteiger partial charge on any atom is -0.343 e. The Kier molecular flexibility index (Phi) is 6.51. The summed E-state index contributed by atoms with van der Waals surface area (Å²) in [5.41, 5.74) is 0.677. The molecule has 0 bridgehead atoms. The van der Waals surface area contributed by atoms with Crippen molar-refractivity contribution in [2.24, 2.45) is 0 Å². The molecule has 2 aromatic rings. The minimum absolute atomic E-state index is 0.178. The van der Waals surface area contributed by atoms with Crippen LogP contribution in [-0.4, -0.2) is 87.6 Å². The van der Waals surface area contributed by atoms with E-state index in [9.17, 15) is 4.79 Å². The average Bonchev–Trinajstić information content (AvgIpc) is 3.27. The fourth-order valence-corrected chi connectivity index (χ4v) is 4.25. The molecule has 0 spiro atoms. The van der Waals surface area contributed by atoms with Gasteiger partial charge in [-0.3, -0.25) is 14.7 Å². The van der Waals surface area contributed by atoms with E-state index in [0.717, 1.165) is 45.6 Å². The van der Waals surface area contributed by atoms with Crippen LogP contribution in [0.4, 0.5) is 0 Å². The van der Waals surface area contributed by atoms with Crippen molar-refractivity contribution in [2.45, 2.75) is 38.6 Å². The topological polar surface area (TPSA) is 78.6 Å². The molecule has 8 heteroatoms. The number of aromatic nitrogens is 3. The molecule has 0 aliphatic carbocycles. The lowest BCUT2D eigenvalue weighted by Gasteiger charge is -2.42. The maximum atomic E-state index is 12.6. The number of piperidine rings is 1. The Morgan fingerprint density at radius 3 is 2.62 bits per heavy atom. The van der Waals surface area contributed by atoms with Gasteiger partial charge in [0.1, 0.15) is 5.69 Å². The van der Waals surface area contributed by atoms with Gasteiger partial charge >= 0.3 is 0 Å². The first-order valence-corrected chi connectivity index (χ1v) is 10.7. The highest BCUT2D eigenvalue weighted by atomic mass is 16.5. The molecule has 2 aliphatic rings. The lowest BCUT2D eigenvalue weighted by molar-refractivity contribution is -0.132. The van der Waals surface area contributed by atoms with Gasteiger partial charge in [-0.15, -0.1) is 0 Å². The SMILES string of the molecule is CCN1CCN(C2CCN(C(=O)CCc3nc(-c4ccccn4)no3)CC2)CC1. The van der Waals surface area contributed by atoms with Gasteiger partial charge in [0, 0.05) is 64.3 Å². The van der Waals surface area contributed by atoms with Crippen LogP contribution in [-0.2, 0) is 11.2 Å². The van der Waals surface area contributed by atoms with Gasteiger partial charge in [-0.25, -0.2) is 0 Å². The van der Waals surface area contributed by atoms with E-state index in [0.29, 0.717) is 36.3 Å². The van der Waals surface area contributed by atoms with E-state index in [-0.39, 0.29) is 5.91 Å². The standard InChI is InChI=1S/C21H30N6O2/c1-2-25-13-15-26(16-14-25)17-8-11-27(12-9-17)20(28)7-6-19-23-21(24-29-19)18-5-3-4-10-22-18/h3-5,10,17H,2,6-9,11-16H2,1H3. The molecule has 1 amide bonds. The summed E-state index contributed by atoms with van der Waals surface area (Å²) in [7, 11) is 0. The van der Waals surface area contributed by atoms with Crippen LogP contribution in [0.5, 0.6) is 0 Å². The molecular weight excluding hydrogens is 368 g/mol. The number of likely N-dealkylation sites (tertiary alicyclic amines) is 1. The van der Waals surface area contributed by atoms with Gasteiger partial charge in [0.2, 0.25) is 17.6 Å². The van der Waals surface area contributed by atoms with Gasteiger partial charge < -0.3 is 14.3 Å². The largest absolute Gasteiger partial charge is 0.343 e. The van der Waals surface area contributed by atoms with E-state index in [1.165, 1.54) is 13.1 Å². The van der Waals surface area contributed by atoms with Crippen molar-refractivity contribution >= 4 is 5.91 Å². The molecule has 0 N–H and O–H groups in total. The van der Waals surface area contributed by atoms with Crippen molar-refractivity contribution < 1.29 is 9.32 Å². The third kappa shape index (κ3) is 5.00. The molecule has 2 aromatic heterocycles. The third-order valence-electron chi connectivity index (χ3n) is 6.10. The first-order valence-electron chi connectivity index (χ1n) is 10.7. The van der Waals surface area contributed by atoms with E-state index in [4.69, 9.17) is 4.52 Å². The Morgan fingerprint density at radius 1 is 1.14 bits per heavy atom. The monoisotopic (exact) mass is 398 g/mol. The highest BCUT2D eigenvalue weighted by Gasteiger charge is 2.28. The fraction of sp³-hybridized carbons (Fsp3) is 0.619. The molecule has 4 heterocycles. The predicted molar refractivity (Wildman–Crippen MR) is 109 cm³/mol. The summed E-state index contributed by atoms with van der Waals surface area (Å²) in [5.74, 6) is 1.14. The van der Waals surface area contributed by atoms with Crippen LogP contribution < -0.4 is 0 Å². The van der Waals surface area contributed by atoms with Crippen molar-refractivity contribution in [3.05, 3.63) is 30.3 Å². The lowest BCUT2D eigenvalue weighted by atomic mass is 10.0. The summed E-state index contributed by atoms with van der Waals surface area (Å²) < 4.78 is 5.29. The normalized spacial score (nSPS) is 19.6. The summed E-state index contributed by atoms with van der Waals surface area (Å²) in [6.45, 7) is 9.71. The Labute approximate surface area is 171 Å². The molecule has 29 heavy (non-hydrogen) atoms. The summed E-state index contributed by atoms with van der Waals surface area (Å²) in [5, 5.41) is 3.97.